The molecule has 20 heavy (non-hydrogen) atoms. The Labute approximate surface area is 122 Å². The van der Waals surface area contributed by atoms with Crippen molar-refractivity contribution in [3.63, 3.8) is 0 Å². The van der Waals surface area contributed by atoms with E-state index in [4.69, 9.17) is 10.5 Å². The molecule has 0 atom stereocenters. The number of thiophene rings is 1. The van der Waals surface area contributed by atoms with Crippen LogP contribution in [0.1, 0.15) is 28.4 Å². The number of nitrogens with two attached hydrogens (primary N) is 1. The molecule has 0 fully saturated rings. The van der Waals surface area contributed by atoms with Crippen LogP contribution in [0.15, 0.2) is 12.1 Å². The van der Waals surface area contributed by atoms with E-state index in [2.05, 4.69) is 11.8 Å². The Bertz CT molecular complexity index is 528. The first kappa shape index (κ1) is 16.2. The second kappa shape index (κ2) is 8.35. The van der Waals surface area contributed by atoms with Gasteiger partial charge in [0.15, 0.2) is 0 Å². The van der Waals surface area contributed by atoms with Gasteiger partial charge in [0, 0.05) is 6.54 Å². The normalized spacial score (nSPS) is 9.55. The van der Waals surface area contributed by atoms with Crippen LogP contribution in [0.25, 0.3) is 0 Å². The smallest absolute Gasteiger partial charge is 0.325 e. The average molecular weight is 294 g/mol. The molecule has 1 heterocycles. The number of hydrogen-bond donors (Lipinski definition) is 1. The Morgan fingerprint density at radius 1 is 1.40 bits per heavy atom. The van der Waals surface area contributed by atoms with Gasteiger partial charge in [-0.05, 0) is 26.0 Å². The van der Waals surface area contributed by atoms with Crippen molar-refractivity contribution in [3.05, 3.63) is 21.9 Å². The number of carbonyl (C=O) groups is 2. The van der Waals surface area contributed by atoms with Gasteiger partial charge in [-0.2, -0.15) is 0 Å². The number of esters is 1. The van der Waals surface area contributed by atoms with Gasteiger partial charge in [0.2, 0.25) is 0 Å². The fourth-order valence-corrected chi connectivity index (χ4v) is 2.35. The summed E-state index contributed by atoms with van der Waals surface area (Å²) in [5.41, 5.74) is 5.30. The minimum absolute atomic E-state index is 0.0368. The van der Waals surface area contributed by atoms with E-state index in [-0.39, 0.29) is 19.0 Å². The summed E-state index contributed by atoms with van der Waals surface area (Å²) in [6.45, 7) is 4.55. The molecule has 0 saturated carbocycles. The summed E-state index contributed by atoms with van der Waals surface area (Å²) < 4.78 is 4.85. The summed E-state index contributed by atoms with van der Waals surface area (Å²) in [5, 5.41) is 0. The van der Waals surface area contributed by atoms with Crippen molar-refractivity contribution in [2.24, 2.45) is 5.73 Å². The van der Waals surface area contributed by atoms with E-state index in [0.717, 1.165) is 4.88 Å². The van der Waals surface area contributed by atoms with Gasteiger partial charge in [0.25, 0.3) is 5.91 Å². The second-order valence-corrected chi connectivity index (χ2v) is 4.88. The Balaban J connectivity index is 2.75. The number of amides is 1. The molecule has 1 aromatic rings. The van der Waals surface area contributed by atoms with Crippen molar-refractivity contribution in [2.75, 3.05) is 26.2 Å². The molecule has 0 unspecified atom stereocenters. The molecule has 0 bridgehead atoms. The van der Waals surface area contributed by atoms with Gasteiger partial charge in [-0.1, -0.05) is 11.8 Å². The molecule has 6 heteroatoms. The molecule has 1 rings (SSSR count). The zero-order valence-electron chi connectivity index (χ0n) is 11.6. The predicted octanol–water partition coefficient (Wildman–Crippen LogP) is 1.08. The molecule has 2 N–H and O–H groups in total. The highest BCUT2D eigenvalue weighted by Gasteiger charge is 2.19. The molecule has 0 spiro atoms. The van der Waals surface area contributed by atoms with E-state index in [1.165, 1.54) is 16.2 Å². The Kier molecular flexibility index (Phi) is 6.77. The lowest BCUT2D eigenvalue weighted by atomic mass is 10.3. The number of likely N-dealkylation sites (N-methyl/N-ethyl adjacent to an activating group) is 1. The number of hydrogen-bond acceptors (Lipinski definition) is 5. The molecule has 0 aromatic carbocycles. The van der Waals surface area contributed by atoms with Crippen molar-refractivity contribution in [1.82, 2.24) is 4.90 Å². The molecule has 0 radical (unpaired) electrons. The van der Waals surface area contributed by atoms with Crippen LogP contribution in [-0.2, 0) is 9.53 Å². The molecule has 5 nitrogen and oxygen atoms in total. The van der Waals surface area contributed by atoms with Gasteiger partial charge in [-0.3, -0.25) is 9.59 Å². The first-order chi connectivity index (χ1) is 9.62. The van der Waals surface area contributed by atoms with Gasteiger partial charge >= 0.3 is 5.97 Å². The number of rotatable bonds is 5. The third kappa shape index (κ3) is 4.68. The van der Waals surface area contributed by atoms with E-state index in [1.807, 2.05) is 6.92 Å². The van der Waals surface area contributed by atoms with Crippen molar-refractivity contribution >= 4 is 23.2 Å². The summed E-state index contributed by atoms with van der Waals surface area (Å²) in [4.78, 5) is 26.5. The quantitative estimate of drug-likeness (QED) is 0.651. The molecule has 0 aliphatic carbocycles. The van der Waals surface area contributed by atoms with Crippen molar-refractivity contribution in [2.45, 2.75) is 13.8 Å². The molecular formula is C14H18N2O3S. The standard InChI is InChI=1S/C14H18N2O3S/c1-3-16(10-13(17)19-4-2)14(18)12-8-7-11(20-12)6-5-9-15/h7-8H,3-4,9-10,15H2,1-2H3. The first-order valence-corrected chi connectivity index (χ1v) is 7.17. The monoisotopic (exact) mass is 294 g/mol. The van der Waals surface area contributed by atoms with E-state index in [0.29, 0.717) is 18.0 Å². The third-order valence-electron chi connectivity index (χ3n) is 2.42. The fraction of sp³-hybridized carbons (Fsp3) is 0.429. The molecule has 0 saturated heterocycles. The van der Waals surface area contributed by atoms with E-state index in [1.54, 1.807) is 19.1 Å². The molecular weight excluding hydrogens is 276 g/mol. The van der Waals surface area contributed by atoms with Gasteiger partial charge < -0.3 is 15.4 Å². The molecule has 108 valence electrons. The average Bonchev–Trinajstić information content (AvgIpc) is 2.91. The maximum absolute atomic E-state index is 12.3. The molecule has 0 aliphatic heterocycles. The zero-order valence-corrected chi connectivity index (χ0v) is 12.5. The lowest BCUT2D eigenvalue weighted by molar-refractivity contribution is -0.143. The van der Waals surface area contributed by atoms with Crippen LogP contribution in [0.2, 0.25) is 0 Å². The molecule has 1 amide bonds. The highest BCUT2D eigenvalue weighted by atomic mass is 32.1. The van der Waals surface area contributed by atoms with Crippen molar-refractivity contribution in [1.29, 1.82) is 0 Å². The van der Waals surface area contributed by atoms with Crippen LogP contribution in [-0.4, -0.2) is 43.0 Å². The Hall–Kier alpha value is -1.84. The zero-order chi connectivity index (χ0) is 15.0. The Morgan fingerprint density at radius 2 is 2.15 bits per heavy atom. The van der Waals surface area contributed by atoms with Crippen molar-refractivity contribution < 1.29 is 14.3 Å². The first-order valence-electron chi connectivity index (χ1n) is 6.36. The number of nitrogens with zero attached hydrogens (tertiary/aromatic N) is 1. The summed E-state index contributed by atoms with van der Waals surface area (Å²) >= 11 is 1.29. The highest BCUT2D eigenvalue weighted by molar-refractivity contribution is 7.14. The van der Waals surface area contributed by atoms with Crippen LogP contribution in [0, 0.1) is 11.8 Å². The van der Waals surface area contributed by atoms with Gasteiger partial charge in [0.1, 0.15) is 6.54 Å². The van der Waals surface area contributed by atoms with Gasteiger partial charge in [-0.15, -0.1) is 11.3 Å². The van der Waals surface area contributed by atoms with E-state index >= 15 is 0 Å². The Morgan fingerprint density at radius 3 is 2.75 bits per heavy atom. The van der Waals surface area contributed by atoms with Crippen molar-refractivity contribution in [3.8, 4) is 11.8 Å². The van der Waals surface area contributed by atoms with Crippen LogP contribution in [0.3, 0.4) is 0 Å². The summed E-state index contributed by atoms with van der Waals surface area (Å²) in [7, 11) is 0. The SMILES string of the molecule is CCOC(=O)CN(CC)C(=O)c1ccc(C#CCN)s1. The summed E-state index contributed by atoms with van der Waals surface area (Å²) in [6.07, 6.45) is 0. The van der Waals surface area contributed by atoms with Crippen LogP contribution in [0.5, 0.6) is 0 Å². The van der Waals surface area contributed by atoms with Crippen LogP contribution >= 0.6 is 11.3 Å². The highest BCUT2D eigenvalue weighted by Crippen LogP contribution is 2.17. The predicted molar refractivity (Wildman–Crippen MR) is 78.5 cm³/mol. The van der Waals surface area contributed by atoms with E-state index < -0.39 is 5.97 Å². The van der Waals surface area contributed by atoms with Crippen LogP contribution < -0.4 is 5.73 Å². The maximum Gasteiger partial charge on any atom is 0.325 e. The number of ether oxygens (including phenoxy) is 1. The number of carbonyl (C=O) groups excluding carboxylic acids is 2. The topological polar surface area (TPSA) is 72.6 Å². The summed E-state index contributed by atoms with van der Waals surface area (Å²) in [5.74, 6) is 5.03. The minimum Gasteiger partial charge on any atom is -0.465 e. The van der Waals surface area contributed by atoms with Gasteiger partial charge in [0.05, 0.1) is 22.9 Å². The lowest BCUT2D eigenvalue weighted by Crippen LogP contribution is -2.35. The third-order valence-corrected chi connectivity index (χ3v) is 3.41. The van der Waals surface area contributed by atoms with Gasteiger partial charge in [-0.25, -0.2) is 0 Å². The second-order valence-electron chi connectivity index (χ2n) is 3.79. The minimum atomic E-state index is -0.401. The largest absolute Gasteiger partial charge is 0.465 e. The summed E-state index contributed by atoms with van der Waals surface area (Å²) in [6, 6.07) is 3.49. The van der Waals surface area contributed by atoms with E-state index in [9.17, 15) is 9.59 Å². The lowest BCUT2D eigenvalue weighted by Gasteiger charge is -2.18. The maximum atomic E-state index is 12.3. The fourth-order valence-electron chi connectivity index (χ4n) is 1.50. The van der Waals surface area contributed by atoms with Crippen LogP contribution in [0.4, 0.5) is 0 Å². The molecule has 0 aliphatic rings. The molecule has 1 aromatic heterocycles.